The minimum absolute atomic E-state index is 0.233. The topological polar surface area (TPSA) is 41.8 Å². The normalized spacial score (nSPS) is 10.9. The fourth-order valence-corrected chi connectivity index (χ4v) is 2.21. The molecule has 0 radical (unpaired) electrons. The molecule has 0 spiro atoms. The van der Waals surface area contributed by atoms with E-state index in [1.807, 2.05) is 48.5 Å². The standard InChI is InChI=1S/C20H16ClNO2/c21-17-5-1-16(2-6-17)14-24-20-11-3-15(4-12-20)13-22-18-7-9-19(23)10-8-18/h1-13,23H,14H2. The van der Waals surface area contributed by atoms with Crippen LogP contribution in [-0.2, 0) is 6.61 Å². The Morgan fingerprint density at radius 1 is 0.875 bits per heavy atom. The van der Waals surface area contributed by atoms with Gasteiger partial charge in [-0.15, -0.1) is 0 Å². The van der Waals surface area contributed by atoms with E-state index in [1.54, 1.807) is 30.5 Å². The molecule has 0 aliphatic carbocycles. The molecule has 0 fully saturated rings. The van der Waals surface area contributed by atoms with Crippen molar-refractivity contribution in [3.8, 4) is 11.5 Å². The minimum atomic E-state index is 0.233. The number of phenolic OH excluding ortho intramolecular Hbond substituents is 1. The molecule has 3 rings (SSSR count). The molecular formula is C20H16ClNO2. The highest BCUT2D eigenvalue weighted by atomic mass is 35.5. The van der Waals surface area contributed by atoms with Crippen molar-refractivity contribution in [1.82, 2.24) is 0 Å². The third kappa shape index (κ3) is 4.61. The second-order valence-electron chi connectivity index (χ2n) is 5.26. The van der Waals surface area contributed by atoms with Crippen molar-refractivity contribution < 1.29 is 9.84 Å². The Bertz CT molecular complexity index is 810. The molecule has 0 aromatic heterocycles. The molecule has 0 atom stereocenters. The molecule has 3 aromatic carbocycles. The van der Waals surface area contributed by atoms with Gasteiger partial charge in [0.25, 0.3) is 0 Å². The van der Waals surface area contributed by atoms with Crippen LogP contribution in [0.3, 0.4) is 0 Å². The first-order valence-corrected chi connectivity index (χ1v) is 7.87. The number of halogens is 1. The Hall–Kier alpha value is -2.78. The summed E-state index contributed by atoms with van der Waals surface area (Å²) in [6.07, 6.45) is 1.77. The molecule has 0 heterocycles. The van der Waals surface area contributed by atoms with Gasteiger partial charge >= 0.3 is 0 Å². The van der Waals surface area contributed by atoms with Gasteiger partial charge in [-0.1, -0.05) is 23.7 Å². The van der Waals surface area contributed by atoms with Crippen LogP contribution in [0.1, 0.15) is 11.1 Å². The lowest BCUT2D eigenvalue weighted by molar-refractivity contribution is 0.306. The molecule has 3 aromatic rings. The second-order valence-corrected chi connectivity index (χ2v) is 5.70. The van der Waals surface area contributed by atoms with E-state index in [0.717, 1.165) is 27.6 Å². The van der Waals surface area contributed by atoms with E-state index in [4.69, 9.17) is 16.3 Å². The molecule has 120 valence electrons. The lowest BCUT2D eigenvalue weighted by Gasteiger charge is -2.06. The van der Waals surface area contributed by atoms with Gasteiger partial charge in [0.05, 0.1) is 5.69 Å². The van der Waals surface area contributed by atoms with Gasteiger partial charge < -0.3 is 9.84 Å². The first kappa shape index (κ1) is 16.1. The number of ether oxygens (including phenoxy) is 1. The fraction of sp³-hybridized carbons (Fsp3) is 0.0500. The Morgan fingerprint density at radius 3 is 2.21 bits per heavy atom. The van der Waals surface area contributed by atoms with Gasteiger partial charge in [0, 0.05) is 11.2 Å². The summed E-state index contributed by atoms with van der Waals surface area (Å²) in [7, 11) is 0. The number of aromatic hydroxyl groups is 1. The molecule has 0 unspecified atom stereocenters. The summed E-state index contributed by atoms with van der Waals surface area (Å²) in [6.45, 7) is 0.498. The molecule has 0 aliphatic heterocycles. The predicted molar refractivity (Wildman–Crippen MR) is 97.6 cm³/mol. The molecule has 24 heavy (non-hydrogen) atoms. The van der Waals surface area contributed by atoms with Crippen molar-refractivity contribution in [2.75, 3.05) is 0 Å². The summed E-state index contributed by atoms with van der Waals surface area (Å²) >= 11 is 5.86. The van der Waals surface area contributed by atoms with Crippen molar-refractivity contribution in [2.24, 2.45) is 4.99 Å². The van der Waals surface area contributed by atoms with Gasteiger partial charge in [-0.3, -0.25) is 4.99 Å². The van der Waals surface area contributed by atoms with Crippen LogP contribution < -0.4 is 4.74 Å². The second kappa shape index (κ2) is 7.66. The first-order chi connectivity index (χ1) is 11.7. The maximum atomic E-state index is 9.25. The molecule has 0 amide bonds. The van der Waals surface area contributed by atoms with E-state index in [9.17, 15) is 5.11 Å². The predicted octanol–water partition coefficient (Wildman–Crippen LogP) is 5.38. The molecule has 0 bridgehead atoms. The summed E-state index contributed by atoms with van der Waals surface area (Å²) < 4.78 is 5.75. The van der Waals surface area contributed by atoms with Gasteiger partial charge in [-0.25, -0.2) is 0 Å². The van der Waals surface area contributed by atoms with Crippen LogP contribution in [0.25, 0.3) is 0 Å². The minimum Gasteiger partial charge on any atom is -0.508 e. The number of nitrogens with zero attached hydrogens (tertiary/aromatic N) is 1. The monoisotopic (exact) mass is 337 g/mol. The number of benzene rings is 3. The molecule has 0 aliphatic rings. The van der Waals surface area contributed by atoms with E-state index in [2.05, 4.69) is 4.99 Å². The summed E-state index contributed by atoms with van der Waals surface area (Å²) in [5, 5.41) is 9.97. The van der Waals surface area contributed by atoms with Gasteiger partial charge in [0.15, 0.2) is 0 Å². The van der Waals surface area contributed by atoms with E-state index < -0.39 is 0 Å². The fourth-order valence-electron chi connectivity index (χ4n) is 2.09. The van der Waals surface area contributed by atoms with Gasteiger partial charge in [-0.2, -0.15) is 0 Å². The summed E-state index contributed by atoms with van der Waals surface area (Å²) in [6, 6.07) is 22.0. The summed E-state index contributed by atoms with van der Waals surface area (Å²) in [5.74, 6) is 1.03. The zero-order valence-corrected chi connectivity index (χ0v) is 13.6. The molecule has 0 saturated heterocycles. The number of aliphatic imine (C=N–C) groups is 1. The Labute approximate surface area is 145 Å². The van der Waals surface area contributed by atoms with E-state index in [0.29, 0.717) is 6.61 Å². The summed E-state index contributed by atoms with van der Waals surface area (Å²) in [5.41, 5.74) is 2.83. The Kier molecular flexibility index (Phi) is 5.14. The van der Waals surface area contributed by atoms with Crippen LogP contribution >= 0.6 is 11.6 Å². The molecule has 1 N–H and O–H groups in total. The molecule has 0 saturated carbocycles. The van der Waals surface area contributed by atoms with Crippen molar-refractivity contribution in [3.05, 3.63) is 88.9 Å². The van der Waals surface area contributed by atoms with E-state index >= 15 is 0 Å². The zero-order valence-electron chi connectivity index (χ0n) is 12.9. The number of phenols is 1. The number of rotatable bonds is 5. The van der Waals surface area contributed by atoms with Crippen LogP contribution in [0.15, 0.2) is 77.8 Å². The van der Waals surface area contributed by atoms with Gasteiger partial charge in [0.1, 0.15) is 18.1 Å². The highest BCUT2D eigenvalue weighted by Crippen LogP contribution is 2.18. The van der Waals surface area contributed by atoms with Crippen molar-refractivity contribution >= 4 is 23.5 Å². The highest BCUT2D eigenvalue weighted by Gasteiger charge is 1.97. The maximum Gasteiger partial charge on any atom is 0.119 e. The molecular weight excluding hydrogens is 322 g/mol. The zero-order chi connectivity index (χ0) is 16.8. The van der Waals surface area contributed by atoms with Crippen molar-refractivity contribution in [3.63, 3.8) is 0 Å². The molecule has 3 nitrogen and oxygen atoms in total. The SMILES string of the molecule is Oc1ccc(N=Cc2ccc(OCc3ccc(Cl)cc3)cc2)cc1. The maximum absolute atomic E-state index is 9.25. The first-order valence-electron chi connectivity index (χ1n) is 7.49. The largest absolute Gasteiger partial charge is 0.508 e. The average Bonchev–Trinajstić information content (AvgIpc) is 2.62. The smallest absolute Gasteiger partial charge is 0.119 e. The van der Waals surface area contributed by atoms with Crippen LogP contribution in [0.2, 0.25) is 5.02 Å². The highest BCUT2D eigenvalue weighted by molar-refractivity contribution is 6.30. The van der Waals surface area contributed by atoms with Crippen LogP contribution in [0.5, 0.6) is 11.5 Å². The van der Waals surface area contributed by atoms with Crippen LogP contribution in [-0.4, -0.2) is 11.3 Å². The van der Waals surface area contributed by atoms with Gasteiger partial charge in [0.2, 0.25) is 0 Å². The van der Waals surface area contributed by atoms with Crippen molar-refractivity contribution in [2.45, 2.75) is 6.61 Å². The lowest BCUT2D eigenvalue weighted by atomic mass is 10.2. The van der Waals surface area contributed by atoms with Crippen LogP contribution in [0.4, 0.5) is 5.69 Å². The van der Waals surface area contributed by atoms with E-state index in [-0.39, 0.29) is 5.75 Å². The Morgan fingerprint density at radius 2 is 1.54 bits per heavy atom. The number of hydrogen-bond acceptors (Lipinski definition) is 3. The van der Waals surface area contributed by atoms with Gasteiger partial charge in [-0.05, 0) is 71.8 Å². The third-order valence-corrected chi connectivity index (χ3v) is 3.66. The quantitative estimate of drug-likeness (QED) is 0.635. The van der Waals surface area contributed by atoms with Crippen molar-refractivity contribution in [1.29, 1.82) is 0 Å². The van der Waals surface area contributed by atoms with E-state index in [1.165, 1.54) is 0 Å². The average molecular weight is 338 g/mol. The molecule has 4 heteroatoms. The summed E-state index contributed by atoms with van der Waals surface area (Å²) in [4.78, 5) is 4.36. The third-order valence-electron chi connectivity index (χ3n) is 3.41. The Balaban J connectivity index is 1.58. The number of hydrogen-bond donors (Lipinski definition) is 1. The lowest BCUT2D eigenvalue weighted by Crippen LogP contribution is -1.95. The van der Waals surface area contributed by atoms with Crippen LogP contribution in [0, 0.1) is 0 Å².